The Morgan fingerprint density at radius 2 is 2.04 bits per heavy atom. The molecule has 6 heteroatoms. The fourth-order valence-corrected chi connectivity index (χ4v) is 2.63. The number of nitrogens with one attached hydrogen (secondary N) is 1. The van der Waals surface area contributed by atoms with Gasteiger partial charge in [-0.25, -0.2) is 4.79 Å². The van der Waals surface area contributed by atoms with Crippen molar-refractivity contribution in [3.8, 4) is 11.5 Å². The molecule has 5 nitrogen and oxygen atoms in total. The smallest absolute Gasteiger partial charge is 0.326 e. The first kappa shape index (κ1) is 15.5. The van der Waals surface area contributed by atoms with Crippen LogP contribution in [0.1, 0.15) is 6.92 Å². The van der Waals surface area contributed by atoms with Gasteiger partial charge in [-0.15, -0.1) is 0 Å². The average molecular weight is 333 g/mol. The number of benzene rings is 2. The van der Waals surface area contributed by atoms with E-state index in [9.17, 15) is 4.79 Å². The first-order chi connectivity index (χ1) is 11.1. The molecule has 1 N–H and O–H groups in total. The summed E-state index contributed by atoms with van der Waals surface area (Å²) in [6.07, 6.45) is -0.0923. The number of carbonyl (C=O) groups excluding carboxylic acids is 1. The molecule has 0 spiro atoms. The van der Waals surface area contributed by atoms with Gasteiger partial charge in [-0.05, 0) is 49.4 Å². The maximum absolute atomic E-state index is 12.6. The highest BCUT2D eigenvalue weighted by Crippen LogP contribution is 2.36. The van der Waals surface area contributed by atoms with Gasteiger partial charge < -0.3 is 14.8 Å². The van der Waals surface area contributed by atoms with E-state index in [4.69, 9.17) is 21.1 Å². The number of hydrogen-bond acceptors (Lipinski definition) is 3. The summed E-state index contributed by atoms with van der Waals surface area (Å²) in [5, 5.41) is 3.44. The van der Waals surface area contributed by atoms with Crippen LogP contribution in [0.2, 0.25) is 5.02 Å². The van der Waals surface area contributed by atoms with E-state index in [0.29, 0.717) is 28.7 Å². The lowest BCUT2D eigenvalue weighted by molar-refractivity contribution is 0.208. The van der Waals surface area contributed by atoms with Crippen molar-refractivity contribution in [3.05, 3.63) is 47.5 Å². The lowest BCUT2D eigenvalue weighted by atomic mass is 10.2. The molecule has 1 aliphatic heterocycles. The fourth-order valence-electron chi connectivity index (χ4n) is 2.47. The Morgan fingerprint density at radius 1 is 1.30 bits per heavy atom. The monoisotopic (exact) mass is 332 g/mol. The minimum atomic E-state index is -0.228. The quantitative estimate of drug-likeness (QED) is 0.898. The summed E-state index contributed by atoms with van der Waals surface area (Å²) in [6.45, 7) is 2.38. The summed E-state index contributed by atoms with van der Waals surface area (Å²) in [7, 11) is 1.60. The van der Waals surface area contributed by atoms with Crippen LogP contribution in [0.15, 0.2) is 42.5 Å². The Labute approximate surface area is 139 Å². The number of urea groups is 1. The second kappa shape index (κ2) is 6.38. The maximum atomic E-state index is 12.6. The van der Waals surface area contributed by atoms with Crippen molar-refractivity contribution in [1.82, 2.24) is 0 Å². The molecule has 0 aromatic heterocycles. The first-order valence-corrected chi connectivity index (χ1v) is 7.63. The molecule has 1 heterocycles. The molecule has 2 aromatic rings. The van der Waals surface area contributed by atoms with Crippen molar-refractivity contribution in [3.63, 3.8) is 0 Å². The van der Waals surface area contributed by atoms with E-state index in [2.05, 4.69) is 5.32 Å². The largest absolute Gasteiger partial charge is 0.497 e. The van der Waals surface area contributed by atoms with E-state index in [1.807, 2.05) is 6.92 Å². The molecular weight excluding hydrogens is 316 g/mol. The van der Waals surface area contributed by atoms with Crippen molar-refractivity contribution in [2.45, 2.75) is 13.0 Å². The molecule has 0 unspecified atom stereocenters. The van der Waals surface area contributed by atoms with E-state index in [1.165, 1.54) is 0 Å². The number of fused-ring (bicyclic) bond motifs is 1. The van der Waals surface area contributed by atoms with E-state index < -0.39 is 0 Å². The van der Waals surface area contributed by atoms with E-state index in [0.717, 1.165) is 5.75 Å². The summed E-state index contributed by atoms with van der Waals surface area (Å²) >= 11 is 6.05. The van der Waals surface area contributed by atoms with Gasteiger partial charge in [0.2, 0.25) is 0 Å². The number of methoxy groups -OCH3 is 1. The fraction of sp³-hybridized carbons (Fsp3) is 0.235. The van der Waals surface area contributed by atoms with Gasteiger partial charge >= 0.3 is 6.03 Å². The highest BCUT2D eigenvalue weighted by atomic mass is 35.5. The molecule has 1 atom stereocenters. The highest BCUT2D eigenvalue weighted by Gasteiger charge is 2.28. The van der Waals surface area contributed by atoms with Gasteiger partial charge in [0.1, 0.15) is 17.6 Å². The van der Waals surface area contributed by atoms with Crippen molar-refractivity contribution >= 4 is 29.0 Å². The van der Waals surface area contributed by atoms with Crippen molar-refractivity contribution in [1.29, 1.82) is 0 Å². The molecule has 2 amide bonds. The van der Waals surface area contributed by atoms with Crippen molar-refractivity contribution < 1.29 is 14.3 Å². The molecule has 1 aliphatic rings. The molecular formula is C17H17ClN2O3. The predicted octanol–water partition coefficient (Wildman–Crippen LogP) is 4.17. The minimum absolute atomic E-state index is 0.0923. The number of carbonyl (C=O) groups is 1. The van der Waals surface area contributed by atoms with Gasteiger partial charge in [-0.2, -0.15) is 0 Å². The number of rotatable bonds is 2. The van der Waals surface area contributed by atoms with Crippen LogP contribution < -0.4 is 19.7 Å². The van der Waals surface area contributed by atoms with Crippen molar-refractivity contribution in [2.75, 3.05) is 23.9 Å². The van der Waals surface area contributed by atoms with Crippen LogP contribution in [0.4, 0.5) is 16.2 Å². The normalized spacial score (nSPS) is 16.3. The third kappa shape index (κ3) is 3.35. The molecule has 0 fully saturated rings. The average Bonchev–Trinajstić information content (AvgIpc) is 2.55. The Morgan fingerprint density at radius 3 is 2.74 bits per heavy atom. The lowest BCUT2D eigenvalue weighted by Gasteiger charge is -2.33. The molecule has 0 bridgehead atoms. The Kier molecular flexibility index (Phi) is 4.30. The SMILES string of the molecule is COc1ccc(NC(=O)N2C[C@H](C)Oc3ccc(Cl)cc32)cc1. The summed E-state index contributed by atoms with van der Waals surface area (Å²) in [5.74, 6) is 1.39. The van der Waals surface area contributed by atoms with Crippen LogP contribution in [0, 0.1) is 0 Å². The topological polar surface area (TPSA) is 50.8 Å². The van der Waals surface area contributed by atoms with Crippen LogP contribution in [0.3, 0.4) is 0 Å². The zero-order chi connectivity index (χ0) is 16.4. The number of ether oxygens (including phenoxy) is 2. The summed E-state index contributed by atoms with van der Waals surface area (Å²) in [6, 6.07) is 12.2. The lowest BCUT2D eigenvalue weighted by Crippen LogP contribution is -2.44. The van der Waals surface area contributed by atoms with Gasteiger partial charge in [-0.3, -0.25) is 4.90 Å². The molecule has 23 heavy (non-hydrogen) atoms. The molecule has 3 rings (SSSR count). The second-order valence-corrected chi connectivity index (χ2v) is 5.75. The zero-order valence-corrected chi connectivity index (χ0v) is 13.6. The van der Waals surface area contributed by atoms with Gasteiger partial charge in [-0.1, -0.05) is 11.6 Å². The number of hydrogen-bond donors (Lipinski definition) is 1. The van der Waals surface area contributed by atoms with Gasteiger partial charge in [0.15, 0.2) is 0 Å². The van der Waals surface area contributed by atoms with Crippen LogP contribution in [0.5, 0.6) is 11.5 Å². The maximum Gasteiger partial charge on any atom is 0.326 e. The summed E-state index contributed by atoms with van der Waals surface area (Å²) < 4.78 is 10.9. The second-order valence-electron chi connectivity index (χ2n) is 5.31. The van der Waals surface area contributed by atoms with E-state index in [-0.39, 0.29) is 12.1 Å². The third-order valence-corrected chi connectivity index (χ3v) is 3.80. The van der Waals surface area contributed by atoms with Crippen LogP contribution in [-0.4, -0.2) is 25.8 Å². The van der Waals surface area contributed by atoms with Crippen LogP contribution >= 0.6 is 11.6 Å². The van der Waals surface area contributed by atoms with Crippen molar-refractivity contribution in [2.24, 2.45) is 0 Å². The molecule has 2 aromatic carbocycles. The molecule has 0 saturated heterocycles. The van der Waals surface area contributed by atoms with E-state index in [1.54, 1.807) is 54.5 Å². The Hall–Kier alpha value is -2.40. The zero-order valence-electron chi connectivity index (χ0n) is 12.9. The number of amides is 2. The van der Waals surface area contributed by atoms with Gasteiger partial charge in [0.25, 0.3) is 0 Å². The number of nitrogens with zero attached hydrogens (tertiary/aromatic N) is 1. The number of halogens is 1. The Bertz CT molecular complexity index is 718. The van der Waals surface area contributed by atoms with Gasteiger partial charge in [0, 0.05) is 10.7 Å². The first-order valence-electron chi connectivity index (χ1n) is 7.25. The highest BCUT2D eigenvalue weighted by molar-refractivity contribution is 6.31. The van der Waals surface area contributed by atoms with Crippen LogP contribution in [-0.2, 0) is 0 Å². The minimum Gasteiger partial charge on any atom is -0.497 e. The molecule has 0 saturated carbocycles. The molecule has 0 radical (unpaired) electrons. The predicted molar refractivity (Wildman–Crippen MR) is 90.9 cm³/mol. The van der Waals surface area contributed by atoms with Crippen LogP contribution in [0.25, 0.3) is 0 Å². The third-order valence-electron chi connectivity index (χ3n) is 3.57. The summed E-state index contributed by atoms with van der Waals surface area (Å²) in [5.41, 5.74) is 1.36. The molecule has 120 valence electrons. The summed E-state index contributed by atoms with van der Waals surface area (Å²) in [4.78, 5) is 14.3. The van der Waals surface area contributed by atoms with E-state index >= 15 is 0 Å². The molecule has 0 aliphatic carbocycles. The number of anilines is 2. The standard InChI is InChI=1S/C17H17ClN2O3/c1-11-10-20(15-9-12(18)3-8-16(15)23-11)17(21)19-13-4-6-14(22-2)7-5-13/h3-9,11H,10H2,1-2H3,(H,19,21)/t11-/m0/s1. The van der Waals surface area contributed by atoms with Gasteiger partial charge in [0.05, 0.1) is 19.3 Å². The Balaban J connectivity index is 1.83.